The Morgan fingerprint density at radius 2 is 1.73 bits per heavy atom. The maximum atomic E-state index is 6.04. The molecule has 1 rings (SSSR count). The van der Waals surface area contributed by atoms with E-state index in [-0.39, 0.29) is 0 Å². The maximum absolute atomic E-state index is 6.04. The molecular formula is C5H7Cl4NS. The molecule has 0 fully saturated rings. The summed E-state index contributed by atoms with van der Waals surface area (Å²) in [5.74, 6) is 0. The summed E-state index contributed by atoms with van der Waals surface area (Å²) in [6.07, 6.45) is 2.57. The highest BCUT2D eigenvalue weighted by Gasteiger charge is 2.53. The molecule has 0 saturated carbocycles. The summed E-state index contributed by atoms with van der Waals surface area (Å²) < 4.78 is 1.12. The zero-order chi connectivity index (χ0) is 8.81. The lowest BCUT2D eigenvalue weighted by atomic mass is 10.6. The Hall–Kier alpha value is 0.790. The number of allylic oxidation sites excluding steroid dienone is 2. The highest BCUT2D eigenvalue weighted by molar-refractivity contribution is 9.03. The normalized spacial score (nSPS) is 36.6. The standard InChI is InChI=1S/C5H7Cl4NS/c1-11(7,8,9)5-3-2-4-10(11)6/h2-5H,1H3. The fraction of sp³-hybridized carbons (Fsp3) is 0.200. The molecule has 0 aromatic heterocycles. The van der Waals surface area contributed by atoms with E-state index in [4.69, 9.17) is 43.8 Å². The van der Waals surface area contributed by atoms with Crippen LogP contribution in [0.15, 0.2) is 23.8 Å². The fourth-order valence-electron chi connectivity index (χ4n) is 0.589. The summed E-state index contributed by atoms with van der Waals surface area (Å²) in [6, 6.07) is 0. The molecular weight excluding hydrogens is 248 g/mol. The number of nitrogens with zero attached hydrogens (tertiary/aromatic N) is 1. The van der Waals surface area contributed by atoms with Crippen LogP contribution in [-0.2, 0) is 0 Å². The van der Waals surface area contributed by atoms with Crippen molar-refractivity contribution in [2.75, 3.05) is 6.26 Å². The lowest BCUT2D eigenvalue weighted by molar-refractivity contribution is 0.989. The van der Waals surface area contributed by atoms with Crippen molar-refractivity contribution in [1.82, 2.24) is 3.82 Å². The molecule has 0 spiro atoms. The van der Waals surface area contributed by atoms with Crippen LogP contribution < -0.4 is 0 Å². The minimum atomic E-state index is -3.84. The molecule has 0 bridgehead atoms. The molecule has 0 N–H and O–H groups in total. The molecule has 0 aromatic carbocycles. The minimum absolute atomic E-state index is 1.12. The average Bonchev–Trinajstić information content (AvgIpc) is 1.75. The van der Waals surface area contributed by atoms with Gasteiger partial charge in [-0.05, 0) is 49.7 Å². The Morgan fingerprint density at radius 1 is 1.18 bits per heavy atom. The highest BCUT2D eigenvalue weighted by atomic mass is 36.2. The third-order valence-electron chi connectivity index (χ3n) is 1.22. The lowest BCUT2D eigenvalue weighted by Crippen LogP contribution is -2.25. The van der Waals surface area contributed by atoms with Crippen molar-refractivity contribution >= 4 is 49.9 Å². The van der Waals surface area contributed by atoms with Gasteiger partial charge < -0.3 is 0 Å². The SMILES string of the molecule is CS1(Cl)(Cl)(Cl)C=CC=CN1Cl. The third kappa shape index (κ3) is 1.93. The van der Waals surface area contributed by atoms with E-state index in [0.717, 1.165) is 3.82 Å². The van der Waals surface area contributed by atoms with Gasteiger partial charge in [-0.3, -0.25) is 0 Å². The molecule has 1 heterocycles. The summed E-state index contributed by atoms with van der Waals surface area (Å²) in [5, 5.41) is 1.51. The second-order valence-corrected chi connectivity index (χ2v) is 16.9. The van der Waals surface area contributed by atoms with E-state index in [1.165, 1.54) is 17.9 Å². The largest absolute Gasteiger partial charge is 0.231 e. The first-order valence-corrected chi connectivity index (χ1v) is 8.41. The van der Waals surface area contributed by atoms with Gasteiger partial charge >= 0.3 is 0 Å². The van der Waals surface area contributed by atoms with Crippen LogP contribution in [-0.4, -0.2) is 10.1 Å². The van der Waals surface area contributed by atoms with Crippen molar-refractivity contribution in [2.45, 2.75) is 0 Å². The minimum Gasteiger partial charge on any atom is -0.231 e. The molecule has 11 heavy (non-hydrogen) atoms. The Morgan fingerprint density at radius 3 is 2.00 bits per heavy atom. The molecule has 0 unspecified atom stereocenters. The molecule has 66 valence electrons. The lowest BCUT2D eigenvalue weighted by Gasteiger charge is -2.62. The van der Waals surface area contributed by atoms with Gasteiger partial charge in [0.05, 0.1) is 0 Å². The van der Waals surface area contributed by atoms with Gasteiger partial charge in [0.1, 0.15) is 0 Å². The fourth-order valence-corrected chi connectivity index (χ4v) is 2.75. The number of hydrogen-bond acceptors (Lipinski definition) is 1. The molecule has 1 aliphatic heterocycles. The van der Waals surface area contributed by atoms with E-state index in [2.05, 4.69) is 0 Å². The molecule has 0 amide bonds. The van der Waals surface area contributed by atoms with E-state index < -0.39 is 6.12 Å². The summed E-state index contributed by atoms with van der Waals surface area (Å²) in [4.78, 5) is 0. The monoisotopic (exact) mass is 253 g/mol. The first kappa shape index (κ1) is 9.87. The van der Waals surface area contributed by atoms with Crippen LogP contribution in [0.25, 0.3) is 0 Å². The van der Waals surface area contributed by atoms with Gasteiger partial charge in [-0.2, -0.15) is 0 Å². The van der Waals surface area contributed by atoms with Crippen molar-refractivity contribution in [3.63, 3.8) is 0 Å². The van der Waals surface area contributed by atoms with Gasteiger partial charge in [0.25, 0.3) is 0 Å². The Kier molecular flexibility index (Phi) is 1.79. The number of halogens is 4. The van der Waals surface area contributed by atoms with Crippen LogP contribution in [0.5, 0.6) is 0 Å². The summed E-state index contributed by atoms with van der Waals surface area (Å²) in [6.45, 7) is 0. The quantitative estimate of drug-likeness (QED) is 0.581. The Bertz CT molecular complexity index is 248. The molecule has 0 aromatic rings. The van der Waals surface area contributed by atoms with Gasteiger partial charge in [-0.25, -0.2) is 3.82 Å². The third-order valence-corrected chi connectivity index (χ3v) is 7.43. The van der Waals surface area contributed by atoms with Gasteiger partial charge in [0.2, 0.25) is 0 Å². The van der Waals surface area contributed by atoms with Crippen molar-refractivity contribution in [2.24, 2.45) is 0 Å². The summed E-state index contributed by atoms with van der Waals surface area (Å²) in [5.41, 5.74) is 0. The van der Waals surface area contributed by atoms with Gasteiger partial charge in [0, 0.05) is 24.2 Å². The maximum Gasteiger partial charge on any atom is 0.0293 e. The van der Waals surface area contributed by atoms with E-state index in [0.29, 0.717) is 0 Å². The second kappa shape index (κ2) is 1.99. The van der Waals surface area contributed by atoms with Crippen LogP contribution in [0.3, 0.4) is 0 Å². The zero-order valence-corrected chi connectivity index (χ0v) is 9.52. The van der Waals surface area contributed by atoms with Crippen LogP contribution in [0, 0.1) is 0 Å². The van der Waals surface area contributed by atoms with Crippen molar-refractivity contribution < 1.29 is 0 Å². The number of rotatable bonds is 0. The molecule has 0 saturated heterocycles. The van der Waals surface area contributed by atoms with Crippen molar-refractivity contribution in [3.05, 3.63) is 23.8 Å². The average molecular weight is 255 g/mol. The number of hydrogen-bond donors (Lipinski definition) is 0. The predicted octanol–water partition coefficient (Wildman–Crippen LogP) is 4.37. The molecule has 0 aliphatic carbocycles. The Balaban J connectivity index is 3.27. The van der Waals surface area contributed by atoms with Crippen LogP contribution in [0.4, 0.5) is 0 Å². The molecule has 0 atom stereocenters. The molecule has 1 aliphatic rings. The first-order valence-electron chi connectivity index (χ1n) is 2.72. The van der Waals surface area contributed by atoms with Crippen LogP contribution >= 0.6 is 49.9 Å². The molecule has 0 radical (unpaired) electrons. The van der Waals surface area contributed by atoms with Crippen LogP contribution in [0.1, 0.15) is 0 Å². The van der Waals surface area contributed by atoms with E-state index in [9.17, 15) is 0 Å². The summed E-state index contributed by atoms with van der Waals surface area (Å²) in [7, 11) is 18.1. The van der Waals surface area contributed by atoms with Crippen molar-refractivity contribution in [3.8, 4) is 0 Å². The smallest absolute Gasteiger partial charge is 0.0293 e. The summed E-state index contributed by atoms with van der Waals surface area (Å²) >= 11 is 5.74. The first-order chi connectivity index (χ1) is 4.64. The van der Waals surface area contributed by atoms with Crippen LogP contribution in [0.2, 0.25) is 0 Å². The predicted molar refractivity (Wildman–Crippen MR) is 57.0 cm³/mol. The van der Waals surface area contributed by atoms with Crippen molar-refractivity contribution in [1.29, 1.82) is 0 Å². The Labute approximate surface area is 83.5 Å². The van der Waals surface area contributed by atoms with Gasteiger partial charge in [-0.15, -0.1) is 0 Å². The van der Waals surface area contributed by atoms with E-state index >= 15 is 0 Å². The second-order valence-electron chi connectivity index (χ2n) is 2.58. The van der Waals surface area contributed by atoms with E-state index in [1.807, 2.05) is 0 Å². The molecule has 1 nitrogen and oxygen atoms in total. The highest BCUT2D eigenvalue weighted by Crippen LogP contribution is 3.03. The topological polar surface area (TPSA) is 3.24 Å². The van der Waals surface area contributed by atoms with Gasteiger partial charge in [-0.1, -0.05) is 6.08 Å². The van der Waals surface area contributed by atoms with Gasteiger partial charge in [0.15, 0.2) is 0 Å². The zero-order valence-electron chi connectivity index (χ0n) is 5.68. The molecule has 6 heteroatoms. The van der Waals surface area contributed by atoms with E-state index in [1.54, 1.807) is 12.2 Å².